The summed E-state index contributed by atoms with van der Waals surface area (Å²) in [6.07, 6.45) is 2.23. The van der Waals surface area contributed by atoms with Gasteiger partial charge in [0.05, 0.1) is 16.7 Å². The Morgan fingerprint density at radius 3 is 2.72 bits per heavy atom. The van der Waals surface area contributed by atoms with Gasteiger partial charge in [-0.05, 0) is 57.9 Å². The molecule has 150 valence electrons. The Hall–Kier alpha value is -2.86. The van der Waals surface area contributed by atoms with Gasteiger partial charge in [0.2, 0.25) is 0 Å². The van der Waals surface area contributed by atoms with Crippen molar-refractivity contribution in [2.24, 2.45) is 0 Å². The molecule has 6 nitrogen and oxygen atoms in total. The third-order valence-corrected chi connectivity index (χ3v) is 6.08. The topological polar surface area (TPSA) is 59.2 Å². The van der Waals surface area contributed by atoms with Crippen LogP contribution in [0.4, 0.5) is 5.69 Å². The van der Waals surface area contributed by atoms with Crippen molar-refractivity contribution in [2.75, 3.05) is 11.9 Å². The van der Waals surface area contributed by atoms with Gasteiger partial charge in [-0.3, -0.25) is 4.40 Å². The van der Waals surface area contributed by atoms with E-state index in [2.05, 4.69) is 86.1 Å². The quantitative estimate of drug-likeness (QED) is 0.557. The lowest BCUT2D eigenvalue weighted by atomic mass is 10.0. The van der Waals surface area contributed by atoms with E-state index in [4.69, 9.17) is 0 Å². The number of hydrogen-bond acceptors (Lipinski definition) is 4. The van der Waals surface area contributed by atoms with Crippen LogP contribution in [0, 0.1) is 13.8 Å². The van der Waals surface area contributed by atoms with Gasteiger partial charge in [0, 0.05) is 24.3 Å². The molecule has 29 heavy (non-hydrogen) atoms. The third kappa shape index (κ3) is 3.27. The molecule has 5 rings (SSSR count). The van der Waals surface area contributed by atoms with Gasteiger partial charge in [-0.1, -0.05) is 30.3 Å². The summed E-state index contributed by atoms with van der Waals surface area (Å²) < 4.78 is 4.58. The van der Waals surface area contributed by atoms with E-state index >= 15 is 0 Å². The van der Waals surface area contributed by atoms with Crippen molar-refractivity contribution in [1.82, 2.24) is 24.5 Å². The highest BCUT2D eigenvalue weighted by molar-refractivity contribution is 5.88. The van der Waals surface area contributed by atoms with Crippen LogP contribution < -0.4 is 10.6 Å². The van der Waals surface area contributed by atoms with Gasteiger partial charge < -0.3 is 15.2 Å². The molecule has 0 spiro atoms. The molecule has 2 N–H and O–H groups in total. The van der Waals surface area contributed by atoms with E-state index in [1.165, 1.54) is 22.3 Å². The van der Waals surface area contributed by atoms with Gasteiger partial charge >= 0.3 is 0 Å². The average Bonchev–Trinajstić information content (AvgIpc) is 3.24. The van der Waals surface area contributed by atoms with Crippen LogP contribution in [0.1, 0.15) is 36.8 Å². The summed E-state index contributed by atoms with van der Waals surface area (Å²) in [6, 6.07) is 16.1. The summed E-state index contributed by atoms with van der Waals surface area (Å²) in [5, 5.41) is 16.2. The lowest BCUT2D eigenvalue weighted by molar-refractivity contribution is 0.396. The zero-order valence-corrected chi connectivity index (χ0v) is 17.3. The lowest BCUT2D eigenvalue weighted by Gasteiger charge is -2.29. The molecule has 4 aromatic rings. The van der Waals surface area contributed by atoms with Crippen molar-refractivity contribution in [3.05, 3.63) is 59.5 Å². The highest BCUT2D eigenvalue weighted by atomic mass is 15.3. The van der Waals surface area contributed by atoms with Crippen LogP contribution in [0.25, 0.3) is 16.7 Å². The average molecular weight is 389 g/mol. The minimum atomic E-state index is 0.447. The number of anilines is 1. The van der Waals surface area contributed by atoms with Crippen LogP contribution in [-0.4, -0.2) is 37.8 Å². The first-order valence-electron chi connectivity index (χ1n) is 10.5. The minimum Gasteiger partial charge on any atom is -0.379 e. The van der Waals surface area contributed by atoms with Crippen molar-refractivity contribution in [3.63, 3.8) is 0 Å². The van der Waals surface area contributed by atoms with Gasteiger partial charge in [-0.25, -0.2) is 0 Å². The maximum Gasteiger partial charge on any atom is 0.184 e. The van der Waals surface area contributed by atoms with Crippen LogP contribution in [0.15, 0.2) is 42.5 Å². The summed E-state index contributed by atoms with van der Waals surface area (Å²) >= 11 is 0. The van der Waals surface area contributed by atoms with E-state index in [-0.39, 0.29) is 0 Å². The van der Waals surface area contributed by atoms with E-state index in [9.17, 15) is 0 Å². The number of rotatable bonds is 4. The number of nitrogens with one attached hydrogen (secondary N) is 2. The van der Waals surface area contributed by atoms with Crippen LogP contribution in [0.3, 0.4) is 0 Å². The van der Waals surface area contributed by atoms with Crippen molar-refractivity contribution >= 4 is 22.4 Å². The minimum absolute atomic E-state index is 0.447. The second-order valence-corrected chi connectivity index (χ2v) is 8.31. The van der Waals surface area contributed by atoms with Gasteiger partial charge in [-0.15, -0.1) is 10.2 Å². The van der Waals surface area contributed by atoms with E-state index < -0.39 is 0 Å². The summed E-state index contributed by atoms with van der Waals surface area (Å²) in [6.45, 7) is 8.36. The molecule has 0 saturated carbocycles. The summed E-state index contributed by atoms with van der Waals surface area (Å²) in [4.78, 5) is 0. The van der Waals surface area contributed by atoms with E-state index in [1.54, 1.807) is 0 Å². The first-order valence-corrected chi connectivity index (χ1v) is 10.5. The van der Waals surface area contributed by atoms with Gasteiger partial charge in [0.25, 0.3) is 0 Å². The summed E-state index contributed by atoms with van der Waals surface area (Å²) in [5.74, 6) is 0.921. The number of fused-ring (bicyclic) bond motifs is 3. The van der Waals surface area contributed by atoms with Gasteiger partial charge in [-0.2, -0.15) is 0 Å². The number of benzene rings is 1. The van der Waals surface area contributed by atoms with Crippen LogP contribution in [0.2, 0.25) is 0 Å². The number of piperidine rings is 1. The molecule has 1 saturated heterocycles. The van der Waals surface area contributed by atoms with E-state index in [0.717, 1.165) is 43.1 Å². The maximum absolute atomic E-state index is 4.50. The molecule has 0 aliphatic carbocycles. The molecular formula is C23H28N6. The van der Waals surface area contributed by atoms with Gasteiger partial charge in [0.1, 0.15) is 5.82 Å². The monoisotopic (exact) mass is 388 g/mol. The molecule has 0 amide bonds. The highest BCUT2D eigenvalue weighted by Crippen LogP contribution is 2.29. The molecule has 6 heteroatoms. The number of pyridine rings is 1. The molecule has 2 atom stereocenters. The number of nitrogens with zero attached hydrogens (tertiary/aromatic N) is 4. The predicted molar refractivity (Wildman–Crippen MR) is 118 cm³/mol. The molecule has 2 unspecified atom stereocenters. The second-order valence-electron chi connectivity index (χ2n) is 8.31. The molecule has 4 heterocycles. The Bertz CT molecular complexity index is 1160. The largest absolute Gasteiger partial charge is 0.379 e. The first kappa shape index (κ1) is 18.2. The van der Waals surface area contributed by atoms with Gasteiger partial charge in [0.15, 0.2) is 5.65 Å². The fraction of sp³-hybridized carbons (Fsp3) is 0.391. The Morgan fingerprint density at radius 1 is 1.10 bits per heavy atom. The molecule has 0 bridgehead atoms. The smallest absolute Gasteiger partial charge is 0.184 e. The standard InChI is InChI=1S/C23H28N6/c1-15-11-19(9-10-24-15)25-20-13-21-22(29-17(3)26-27-23(20)29)12-16(2)28(21)14-18-7-5-4-6-8-18/h4-8,12-13,15,19,24-25H,9-11,14H2,1-3H3. The second kappa shape index (κ2) is 7.19. The zero-order valence-electron chi connectivity index (χ0n) is 17.3. The Balaban J connectivity index is 1.63. The molecule has 0 radical (unpaired) electrons. The van der Waals surface area contributed by atoms with Crippen LogP contribution >= 0.6 is 0 Å². The third-order valence-electron chi connectivity index (χ3n) is 6.08. The predicted octanol–water partition coefficient (Wildman–Crippen LogP) is 3.90. The normalized spacial score (nSPS) is 19.8. The van der Waals surface area contributed by atoms with E-state index in [1.807, 2.05) is 6.92 Å². The van der Waals surface area contributed by atoms with Crippen molar-refractivity contribution < 1.29 is 0 Å². The lowest BCUT2D eigenvalue weighted by Crippen LogP contribution is -2.41. The summed E-state index contributed by atoms with van der Waals surface area (Å²) in [7, 11) is 0. The highest BCUT2D eigenvalue weighted by Gasteiger charge is 2.21. The molecule has 1 aliphatic heterocycles. The van der Waals surface area contributed by atoms with Crippen LogP contribution in [0.5, 0.6) is 0 Å². The fourth-order valence-electron chi connectivity index (χ4n) is 4.60. The van der Waals surface area contributed by atoms with Crippen molar-refractivity contribution in [1.29, 1.82) is 0 Å². The number of aromatic nitrogens is 4. The Morgan fingerprint density at radius 2 is 1.93 bits per heavy atom. The fourth-order valence-corrected chi connectivity index (χ4v) is 4.60. The molecule has 3 aromatic heterocycles. The summed E-state index contributed by atoms with van der Waals surface area (Å²) in [5.41, 5.74) is 6.91. The van der Waals surface area contributed by atoms with Crippen LogP contribution in [-0.2, 0) is 6.54 Å². The first-order chi connectivity index (χ1) is 14.1. The SMILES string of the molecule is Cc1cc2c(cc(NC3CCNC(C)C3)c3nnc(C)n32)n1Cc1ccccc1. The molecule has 1 aliphatic rings. The number of hydrogen-bond donors (Lipinski definition) is 2. The number of aryl methyl sites for hydroxylation is 2. The Labute approximate surface area is 170 Å². The van der Waals surface area contributed by atoms with E-state index in [0.29, 0.717) is 12.1 Å². The van der Waals surface area contributed by atoms with Crippen molar-refractivity contribution in [2.45, 2.75) is 52.2 Å². The zero-order chi connectivity index (χ0) is 20.0. The maximum atomic E-state index is 4.50. The Kier molecular flexibility index (Phi) is 4.51. The molecule has 1 aromatic carbocycles. The molecular weight excluding hydrogens is 360 g/mol. The van der Waals surface area contributed by atoms with Crippen molar-refractivity contribution in [3.8, 4) is 0 Å². The molecule has 1 fully saturated rings.